The zero-order valence-corrected chi connectivity index (χ0v) is 7.45. The van der Waals surface area contributed by atoms with E-state index in [1.54, 1.807) is 0 Å². The van der Waals surface area contributed by atoms with Gasteiger partial charge in [0.15, 0.2) is 0 Å². The third kappa shape index (κ3) is 3.34. The molecule has 1 fully saturated rings. The largest absolute Gasteiger partial charge is 0.373 e. The second-order valence-corrected chi connectivity index (χ2v) is 3.54. The molecule has 4 nitrogen and oxygen atoms in total. The maximum atomic E-state index is 10.1. The predicted molar refractivity (Wildman–Crippen MR) is 40.7 cm³/mol. The predicted octanol–water partition coefficient (Wildman–Crippen LogP) is 0.952. The van der Waals surface area contributed by atoms with Crippen LogP contribution in [0.3, 0.4) is 0 Å². The van der Waals surface area contributed by atoms with Crippen LogP contribution in [0.1, 0.15) is 19.8 Å². The van der Waals surface area contributed by atoms with E-state index < -0.39 is 8.25 Å². The molecule has 3 atom stereocenters. The molecule has 0 saturated carbocycles. The zero-order chi connectivity index (χ0) is 8.27. The Hall–Kier alpha value is 0.110. The molecule has 1 saturated heterocycles. The lowest BCUT2D eigenvalue weighted by atomic mass is 10.2. The Bertz CT molecular complexity index is 150. The van der Waals surface area contributed by atoms with Crippen molar-refractivity contribution < 1.29 is 18.7 Å². The van der Waals surface area contributed by atoms with Crippen LogP contribution in [0.5, 0.6) is 0 Å². The highest BCUT2D eigenvalue weighted by atomic mass is 31.1. The van der Waals surface area contributed by atoms with Crippen LogP contribution in [0.4, 0.5) is 0 Å². The summed E-state index contributed by atoms with van der Waals surface area (Å²) in [6, 6.07) is 0. The lowest BCUT2D eigenvalue weighted by Gasteiger charge is -2.09. The second-order valence-electron chi connectivity index (χ2n) is 2.72. The normalized spacial score (nSPS) is 34.0. The molecule has 1 heterocycles. The van der Waals surface area contributed by atoms with E-state index in [1.165, 1.54) is 0 Å². The van der Waals surface area contributed by atoms with E-state index in [0.29, 0.717) is 0 Å². The monoisotopic (exact) mass is 180 g/mol. The van der Waals surface area contributed by atoms with Crippen LogP contribution in [-0.4, -0.2) is 23.7 Å². The topological polar surface area (TPSA) is 55.8 Å². The van der Waals surface area contributed by atoms with Gasteiger partial charge < -0.3 is 14.2 Å². The molecule has 1 aliphatic heterocycles. The molecule has 11 heavy (non-hydrogen) atoms. The number of rotatable bonds is 3. The molecule has 0 aromatic carbocycles. The van der Waals surface area contributed by atoms with Crippen LogP contribution >= 0.6 is 8.25 Å². The standard InChI is InChI=1S/C6H13O4P/c1-5-2-3-6(10-5)4-9-11(7)8/h5-6,11H,2-4H2,1H3,(H,7,8)/t5-,6-/m0/s1. The first-order chi connectivity index (χ1) is 5.18. The zero-order valence-electron chi connectivity index (χ0n) is 6.45. The molecule has 1 aliphatic rings. The van der Waals surface area contributed by atoms with Crippen LogP contribution in [0.2, 0.25) is 0 Å². The SMILES string of the molecule is C[C@H]1CC[C@@H](CO[PH](=O)O)O1. The van der Waals surface area contributed by atoms with Crippen LogP contribution in [0.15, 0.2) is 0 Å². The van der Waals surface area contributed by atoms with E-state index in [4.69, 9.17) is 9.63 Å². The molecule has 0 spiro atoms. The summed E-state index contributed by atoms with van der Waals surface area (Å²) in [7, 11) is -2.77. The first kappa shape index (κ1) is 9.20. The summed E-state index contributed by atoms with van der Waals surface area (Å²) in [5.74, 6) is 0. The second kappa shape index (κ2) is 4.21. The maximum absolute atomic E-state index is 10.1. The van der Waals surface area contributed by atoms with Crippen molar-refractivity contribution in [2.24, 2.45) is 0 Å². The first-order valence-electron chi connectivity index (χ1n) is 3.69. The Morgan fingerprint density at radius 1 is 1.73 bits per heavy atom. The minimum Gasteiger partial charge on any atom is -0.373 e. The molecule has 0 aliphatic carbocycles. The van der Waals surface area contributed by atoms with E-state index in [-0.39, 0.29) is 18.8 Å². The number of hydrogen-bond donors (Lipinski definition) is 1. The smallest absolute Gasteiger partial charge is 0.316 e. The fourth-order valence-electron chi connectivity index (χ4n) is 1.17. The Balaban J connectivity index is 2.13. The van der Waals surface area contributed by atoms with Crippen LogP contribution < -0.4 is 0 Å². The van der Waals surface area contributed by atoms with Gasteiger partial charge in [-0.2, -0.15) is 0 Å². The van der Waals surface area contributed by atoms with Gasteiger partial charge in [-0.05, 0) is 19.8 Å². The molecular formula is C6H13O4P. The van der Waals surface area contributed by atoms with E-state index in [1.807, 2.05) is 6.92 Å². The van der Waals surface area contributed by atoms with E-state index in [9.17, 15) is 4.57 Å². The highest BCUT2D eigenvalue weighted by Crippen LogP contribution is 2.23. The molecule has 0 radical (unpaired) electrons. The molecule has 5 heteroatoms. The minimum atomic E-state index is -2.77. The van der Waals surface area contributed by atoms with E-state index >= 15 is 0 Å². The molecule has 1 unspecified atom stereocenters. The Kier molecular flexibility index (Phi) is 3.52. The van der Waals surface area contributed by atoms with Crippen LogP contribution in [0.25, 0.3) is 0 Å². The maximum Gasteiger partial charge on any atom is 0.316 e. The summed E-state index contributed by atoms with van der Waals surface area (Å²) in [5, 5.41) is 0. The summed E-state index contributed by atoms with van der Waals surface area (Å²) in [6.45, 7) is 2.24. The third-order valence-corrected chi connectivity index (χ3v) is 2.13. The Labute approximate surface area is 66.5 Å². The minimum absolute atomic E-state index is 0.0195. The molecule has 0 bridgehead atoms. The quantitative estimate of drug-likeness (QED) is 0.657. The van der Waals surface area contributed by atoms with Gasteiger partial charge in [0.1, 0.15) is 0 Å². The van der Waals surface area contributed by atoms with Crippen LogP contribution in [0, 0.1) is 0 Å². The van der Waals surface area contributed by atoms with E-state index in [2.05, 4.69) is 4.52 Å². The van der Waals surface area contributed by atoms with Crippen LogP contribution in [-0.2, 0) is 13.8 Å². The van der Waals surface area contributed by atoms with Crippen molar-refractivity contribution in [1.82, 2.24) is 0 Å². The van der Waals surface area contributed by atoms with Gasteiger partial charge in [-0.3, -0.25) is 4.57 Å². The molecule has 0 amide bonds. The van der Waals surface area contributed by atoms with Gasteiger partial charge in [0, 0.05) is 0 Å². The molecule has 1 N–H and O–H groups in total. The van der Waals surface area contributed by atoms with Crippen molar-refractivity contribution in [1.29, 1.82) is 0 Å². The van der Waals surface area contributed by atoms with Crippen molar-refractivity contribution in [3.05, 3.63) is 0 Å². The fourth-order valence-corrected chi connectivity index (χ4v) is 1.50. The van der Waals surface area contributed by atoms with Crippen molar-refractivity contribution in [2.45, 2.75) is 32.0 Å². The van der Waals surface area contributed by atoms with Crippen molar-refractivity contribution in [3.63, 3.8) is 0 Å². The molecule has 66 valence electrons. The first-order valence-corrected chi connectivity index (χ1v) is 4.96. The van der Waals surface area contributed by atoms with Crippen molar-refractivity contribution >= 4 is 8.25 Å². The molecule has 0 aromatic heterocycles. The average molecular weight is 180 g/mol. The lowest BCUT2D eigenvalue weighted by Crippen LogP contribution is -2.13. The van der Waals surface area contributed by atoms with Gasteiger partial charge in [-0.1, -0.05) is 0 Å². The summed E-state index contributed by atoms with van der Waals surface area (Å²) >= 11 is 0. The Morgan fingerprint density at radius 2 is 2.45 bits per heavy atom. The fraction of sp³-hybridized carbons (Fsp3) is 1.00. The number of ether oxygens (including phenoxy) is 1. The number of hydrogen-bond acceptors (Lipinski definition) is 3. The van der Waals surface area contributed by atoms with Crippen molar-refractivity contribution in [3.8, 4) is 0 Å². The van der Waals surface area contributed by atoms with E-state index in [0.717, 1.165) is 12.8 Å². The highest BCUT2D eigenvalue weighted by Gasteiger charge is 2.21. The molecule has 1 rings (SSSR count). The van der Waals surface area contributed by atoms with Gasteiger partial charge in [0.2, 0.25) is 0 Å². The van der Waals surface area contributed by atoms with Gasteiger partial charge >= 0.3 is 8.25 Å². The molecular weight excluding hydrogens is 167 g/mol. The summed E-state index contributed by atoms with van der Waals surface area (Å²) < 4.78 is 20.0. The van der Waals surface area contributed by atoms with Gasteiger partial charge in [0.25, 0.3) is 0 Å². The Morgan fingerprint density at radius 3 is 2.91 bits per heavy atom. The molecule has 0 aromatic rings. The summed E-state index contributed by atoms with van der Waals surface area (Å²) in [4.78, 5) is 8.35. The summed E-state index contributed by atoms with van der Waals surface area (Å²) in [6.07, 6.45) is 2.23. The summed E-state index contributed by atoms with van der Waals surface area (Å²) in [5.41, 5.74) is 0. The van der Waals surface area contributed by atoms with Gasteiger partial charge in [-0.15, -0.1) is 0 Å². The van der Waals surface area contributed by atoms with Gasteiger partial charge in [-0.25, -0.2) is 0 Å². The van der Waals surface area contributed by atoms with Gasteiger partial charge in [0.05, 0.1) is 18.8 Å². The lowest BCUT2D eigenvalue weighted by molar-refractivity contribution is 0.0257. The third-order valence-electron chi connectivity index (χ3n) is 1.71. The van der Waals surface area contributed by atoms with Crippen molar-refractivity contribution in [2.75, 3.05) is 6.61 Å². The highest BCUT2D eigenvalue weighted by molar-refractivity contribution is 7.32. The average Bonchev–Trinajstić information content (AvgIpc) is 2.31.